The average Bonchev–Trinajstić information content (AvgIpc) is 2.63. The van der Waals surface area contributed by atoms with Crippen LogP contribution in [0.4, 0.5) is 0 Å². The molecule has 2 amide bonds. The van der Waals surface area contributed by atoms with Crippen LogP contribution in [0.1, 0.15) is 5.56 Å². The van der Waals surface area contributed by atoms with Crippen LogP contribution < -0.4 is 10.1 Å². The molecule has 0 bridgehead atoms. The maximum atomic E-state index is 11.8. The molecule has 0 saturated carbocycles. The number of amides is 2. The second-order valence-corrected chi connectivity index (χ2v) is 4.21. The Bertz CT molecular complexity index is 522. The lowest BCUT2D eigenvalue weighted by Crippen LogP contribution is -2.22. The molecule has 1 heterocycles. The van der Waals surface area contributed by atoms with Gasteiger partial charge < -0.3 is 4.74 Å². The van der Waals surface area contributed by atoms with E-state index in [1.165, 1.54) is 18.9 Å². The van der Waals surface area contributed by atoms with Gasteiger partial charge >= 0.3 is 0 Å². The first-order valence-electron chi connectivity index (χ1n) is 4.96. The first-order chi connectivity index (χ1) is 8.19. The minimum Gasteiger partial charge on any atom is -0.496 e. The number of hydrogen-bond donors (Lipinski definition) is 1. The first-order valence-corrected chi connectivity index (χ1v) is 6.19. The number of benzene rings is 1. The van der Waals surface area contributed by atoms with Crippen LogP contribution in [-0.2, 0) is 9.59 Å². The average molecular weight is 249 g/mol. The van der Waals surface area contributed by atoms with Gasteiger partial charge in [0.25, 0.3) is 11.8 Å². The Morgan fingerprint density at radius 3 is 2.53 bits per heavy atom. The van der Waals surface area contributed by atoms with Gasteiger partial charge in [-0.1, -0.05) is 18.2 Å². The second kappa shape index (κ2) is 4.63. The summed E-state index contributed by atoms with van der Waals surface area (Å²) in [6, 6.07) is 7.15. The fraction of sp³-hybridized carbons (Fsp3) is 0.167. The zero-order valence-electron chi connectivity index (χ0n) is 9.44. The summed E-state index contributed by atoms with van der Waals surface area (Å²) in [5, 5.41) is 2.29. The van der Waals surface area contributed by atoms with E-state index in [0.29, 0.717) is 21.8 Å². The number of para-hydroxylation sites is 1. The van der Waals surface area contributed by atoms with Crippen LogP contribution >= 0.6 is 11.8 Å². The molecule has 0 spiro atoms. The molecule has 4 nitrogen and oxygen atoms in total. The van der Waals surface area contributed by atoms with Crippen molar-refractivity contribution in [2.24, 2.45) is 0 Å². The van der Waals surface area contributed by atoms with Gasteiger partial charge in [0.1, 0.15) is 5.75 Å². The zero-order chi connectivity index (χ0) is 12.4. The van der Waals surface area contributed by atoms with Crippen molar-refractivity contribution in [3.05, 3.63) is 34.7 Å². The maximum absolute atomic E-state index is 11.8. The Labute approximate surface area is 103 Å². The summed E-state index contributed by atoms with van der Waals surface area (Å²) in [6.07, 6.45) is 1.77. The summed E-state index contributed by atoms with van der Waals surface area (Å²) in [5.74, 6) is -0.133. The number of nitrogens with one attached hydrogen (secondary N) is 1. The van der Waals surface area contributed by atoms with E-state index in [-0.39, 0.29) is 11.8 Å². The molecule has 1 aromatic carbocycles. The van der Waals surface area contributed by atoms with Crippen LogP contribution in [0, 0.1) is 0 Å². The molecule has 0 aliphatic carbocycles. The van der Waals surface area contributed by atoms with E-state index < -0.39 is 0 Å². The zero-order valence-corrected chi connectivity index (χ0v) is 10.3. The van der Waals surface area contributed by atoms with Crippen molar-refractivity contribution in [2.45, 2.75) is 0 Å². The first kappa shape index (κ1) is 11.7. The van der Waals surface area contributed by atoms with Crippen LogP contribution in [0.25, 0.3) is 5.57 Å². The van der Waals surface area contributed by atoms with Crippen molar-refractivity contribution < 1.29 is 14.3 Å². The molecule has 1 aromatic rings. The minimum atomic E-state index is -0.371. The summed E-state index contributed by atoms with van der Waals surface area (Å²) >= 11 is 1.26. The van der Waals surface area contributed by atoms with Crippen LogP contribution in [-0.4, -0.2) is 25.2 Å². The lowest BCUT2D eigenvalue weighted by atomic mass is 10.1. The number of carbonyl (C=O) groups excluding carboxylic acids is 2. The molecule has 0 saturated heterocycles. The van der Waals surface area contributed by atoms with Crippen molar-refractivity contribution in [3.8, 4) is 5.75 Å². The lowest BCUT2D eigenvalue weighted by Gasteiger charge is -2.08. The van der Waals surface area contributed by atoms with E-state index in [0.717, 1.165) is 0 Å². The fourth-order valence-electron chi connectivity index (χ4n) is 1.73. The van der Waals surface area contributed by atoms with E-state index in [2.05, 4.69) is 5.32 Å². The third kappa shape index (κ3) is 1.93. The highest BCUT2D eigenvalue weighted by Crippen LogP contribution is 2.34. The molecule has 1 aliphatic rings. The molecule has 0 aromatic heterocycles. The maximum Gasteiger partial charge on any atom is 0.265 e. The molecule has 0 unspecified atom stereocenters. The van der Waals surface area contributed by atoms with E-state index in [9.17, 15) is 9.59 Å². The number of thioether (sulfide) groups is 1. The van der Waals surface area contributed by atoms with Gasteiger partial charge in [-0.15, -0.1) is 11.8 Å². The van der Waals surface area contributed by atoms with Crippen LogP contribution in [0.5, 0.6) is 5.75 Å². The standard InChI is InChI=1S/C12H11NO3S/c1-16-8-6-4-3-5-7(8)9-10(17-2)12(15)13-11(9)14/h3-6H,1-2H3,(H,13,14,15). The molecule has 5 heteroatoms. The van der Waals surface area contributed by atoms with E-state index >= 15 is 0 Å². The predicted molar refractivity (Wildman–Crippen MR) is 66.6 cm³/mol. The van der Waals surface area contributed by atoms with Gasteiger partial charge in [-0.2, -0.15) is 0 Å². The fourth-order valence-corrected chi connectivity index (χ4v) is 2.37. The Morgan fingerprint density at radius 1 is 1.18 bits per heavy atom. The minimum absolute atomic E-state index is 0.344. The molecular weight excluding hydrogens is 238 g/mol. The Hall–Kier alpha value is -1.75. The number of ether oxygens (including phenoxy) is 1. The summed E-state index contributed by atoms with van der Waals surface area (Å²) in [5.41, 5.74) is 1.03. The lowest BCUT2D eigenvalue weighted by molar-refractivity contribution is -0.123. The third-order valence-electron chi connectivity index (χ3n) is 2.47. The quantitative estimate of drug-likeness (QED) is 0.823. The van der Waals surface area contributed by atoms with Gasteiger partial charge in [0.15, 0.2) is 0 Å². The van der Waals surface area contributed by atoms with Gasteiger partial charge in [-0.05, 0) is 12.3 Å². The van der Waals surface area contributed by atoms with Crippen LogP contribution in [0.3, 0.4) is 0 Å². The third-order valence-corrected chi connectivity index (χ3v) is 3.27. The number of methoxy groups -OCH3 is 1. The van der Waals surface area contributed by atoms with Crippen molar-refractivity contribution in [2.75, 3.05) is 13.4 Å². The monoisotopic (exact) mass is 249 g/mol. The molecule has 0 atom stereocenters. The van der Waals surface area contributed by atoms with Crippen molar-refractivity contribution in [1.82, 2.24) is 5.32 Å². The highest BCUT2D eigenvalue weighted by atomic mass is 32.2. The molecule has 0 fully saturated rings. The number of carbonyl (C=O) groups is 2. The van der Waals surface area contributed by atoms with Gasteiger partial charge in [-0.3, -0.25) is 14.9 Å². The Kier molecular flexibility index (Phi) is 3.19. The van der Waals surface area contributed by atoms with Gasteiger partial charge in [0.2, 0.25) is 0 Å². The molecule has 88 valence electrons. The topological polar surface area (TPSA) is 55.4 Å². The second-order valence-electron chi connectivity index (χ2n) is 3.39. The summed E-state index contributed by atoms with van der Waals surface area (Å²) < 4.78 is 5.20. The Balaban J connectivity index is 2.62. The SMILES string of the molecule is COc1ccccc1C1=C(SC)C(=O)NC1=O. The van der Waals surface area contributed by atoms with E-state index in [1.807, 2.05) is 6.07 Å². The highest BCUT2D eigenvalue weighted by molar-refractivity contribution is 8.03. The normalized spacial score (nSPS) is 15.2. The molecular formula is C12H11NO3S. The van der Waals surface area contributed by atoms with Crippen molar-refractivity contribution in [3.63, 3.8) is 0 Å². The Morgan fingerprint density at radius 2 is 1.88 bits per heavy atom. The molecule has 1 N–H and O–H groups in total. The molecule has 0 radical (unpaired) electrons. The van der Waals surface area contributed by atoms with Crippen molar-refractivity contribution in [1.29, 1.82) is 0 Å². The number of rotatable bonds is 3. The number of hydrogen-bond acceptors (Lipinski definition) is 4. The molecule has 2 rings (SSSR count). The predicted octanol–water partition coefficient (Wildman–Crippen LogP) is 1.43. The van der Waals surface area contributed by atoms with E-state index in [1.54, 1.807) is 24.5 Å². The van der Waals surface area contributed by atoms with Crippen LogP contribution in [0.2, 0.25) is 0 Å². The van der Waals surface area contributed by atoms with E-state index in [4.69, 9.17) is 4.74 Å². The van der Waals surface area contributed by atoms with Crippen LogP contribution in [0.15, 0.2) is 29.2 Å². The smallest absolute Gasteiger partial charge is 0.265 e. The number of imide groups is 1. The van der Waals surface area contributed by atoms with Gasteiger partial charge in [0.05, 0.1) is 17.6 Å². The summed E-state index contributed by atoms with van der Waals surface area (Å²) in [7, 11) is 1.53. The summed E-state index contributed by atoms with van der Waals surface area (Å²) in [6.45, 7) is 0. The van der Waals surface area contributed by atoms with Gasteiger partial charge in [-0.25, -0.2) is 0 Å². The summed E-state index contributed by atoms with van der Waals surface area (Å²) in [4.78, 5) is 23.7. The molecule has 17 heavy (non-hydrogen) atoms. The largest absolute Gasteiger partial charge is 0.496 e. The molecule has 1 aliphatic heterocycles. The van der Waals surface area contributed by atoms with Gasteiger partial charge in [0, 0.05) is 5.56 Å². The van der Waals surface area contributed by atoms with Crippen molar-refractivity contribution >= 4 is 29.1 Å². The highest BCUT2D eigenvalue weighted by Gasteiger charge is 2.32.